The fraction of sp³-hybridized carbons (Fsp3) is 0.444. The molecule has 3 aliphatic heterocycles. The minimum atomic E-state index is -0.448. The summed E-state index contributed by atoms with van der Waals surface area (Å²) in [6.07, 6.45) is 2.35. The Morgan fingerprint density at radius 3 is 2.63 bits per heavy atom. The van der Waals surface area contributed by atoms with Crippen LogP contribution >= 0.6 is 0 Å². The van der Waals surface area contributed by atoms with E-state index in [4.69, 9.17) is 4.74 Å². The van der Waals surface area contributed by atoms with Gasteiger partial charge in [0.1, 0.15) is 6.04 Å². The largest absolute Gasteiger partial charge is 0.379 e. The van der Waals surface area contributed by atoms with E-state index >= 15 is 0 Å². The molecule has 1 N–H and O–H groups in total. The van der Waals surface area contributed by atoms with Crippen LogP contribution in [0.15, 0.2) is 48.5 Å². The molecule has 0 saturated carbocycles. The number of ether oxygens (including phenoxy) is 1. The molecule has 0 aliphatic carbocycles. The molecule has 2 aromatic carbocycles. The van der Waals surface area contributed by atoms with Crippen LogP contribution in [0, 0.1) is 0 Å². The molecule has 5 rings (SSSR count). The van der Waals surface area contributed by atoms with Crippen LogP contribution in [0.25, 0.3) is 0 Å². The topological polar surface area (TPSA) is 82.2 Å². The maximum absolute atomic E-state index is 13.6. The predicted octanol–water partition coefficient (Wildman–Crippen LogP) is 2.29. The van der Waals surface area contributed by atoms with Crippen molar-refractivity contribution >= 4 is 23.4 Å². The lowest BCUT2D eigenvalue weighted by Gasteiger charge is -2.27. The first-order valence-corrected chi connectivity index (χ1v) is 12.5. The van der Waals surface area contributed by atoms with E-state index in [1.807, 2.05) is 36.4 Å². The van der Waals surface area contributed by atoms with Crippen molar-refractivity contribution in [1.29, 1.82) is 0 Å². The van der Waals surface area contributed by atoms with Gasteiger partial charge in [-0.1, -0.05) is 30.3 Å². The van der Waals surface area contributed by atoms with Gasteiger partial charge in [0.25, 0.3) is 11.8 Å². The number of fused-ring (bicyclic) bond motifs is 2. The SMILES string of the molecule is O=C(NCCCN1CCOCC1)c1ccccc1CN1C(=O)[C@H]2CCCN2C(=O)c2ccccc21. The van der Waals surface area contributed by atoms with Gasteiger partial charge in [-0.25, -0.2) is 0 Å². The van der Waals surface area contributed by atoms with E-state index < -0.39 is 6.04 Å². The number of anilines is 1. The molecular weight excluding hydrogens is 444 g/mol. The normalized spacial score (nSPS) is 20.4. The summed E-state index contributed by atoms with van der Waals surface area (Å²) in [5.41, 5.74) is 2.47. The van der Waals surface area contributed by atoms with Crippen molar-refractivity contribution in [2.24, 2.45) is 0 Å². The average molecular weight is 477 g/mol. The zero-order valence-electron chi connectivity index (χ0n) is 19.9. The minimum Gasteiger partial charge on any atom is -0.379 e. The summed E-state index contributed by atoms with van der Waals surface area (Å²) >= 11 is 0. The fourth-order valence-electron chi connectivity index (χ4n) is 5.25. The van der Waals surface area contributed by atoms with Crippen LogP contribution in [0.1, 0.15) is 45.5 Å². The van der Waals surface area contributed by atoms with Crippen LogP contribution in [-0.4, -0.2) is 79.5 Å². The lowest BCUT2D eigenvalue weighted by atomic mass is 10.0. The van der Waals surface area contributed by atoms with Gasteiger partial charge in [0.2, 0.25) is 5.91 Å². The van der Waals surface area contributed by atoms with Crippen molar-refractivity contribution < 1.29 is 19.1 Å². The van der Waals surface area contributed by atoms with Crippen molar-refractivity contribution in [2.75, 3.05) is 50.8 Å². The van der Waals surface area contributed by atoms with Gasteiger partial charge in [-0.2, -0.15) is 0 Å². The zero-order chi connectivity index (χ0) is 24.2. The first-order valence-electron chi connectivity index (χ1n) is 12.5. The number of nitrogens with one attached hydrogen (secondary N) is 1. The molecule has 1 atom stereocenters. The number of amides is 3. The Bertz CT molecular complexity index is 1100. The molecule has 0 spiro atoms. The lowest BCUT2D eigenvalue weighted by molar-refractivity contribution is -0.122. The minimum absolute atomic E-state index is 0.0819. The maximum Gasteiger partial charge on any atom is 0.256 e. The molecule has 2 fully saturated rings. The van der Waals surface area contributed by atoms with E-state index in [0.29, 0.717) is 36.3 Å². The number of rotatable bonds is 7. The third kappa shape index (κ3) is 4.94. The first-order chi connectivity index (χ1) is 17.1. The number of hydrogen-bond donors (Lipinski definition) is 1. The van der Waals surface area contributed by atoms with E-state index in [1.54, 1.807) is 21.9 Å². The molecule has 3 amide bonds. The molecule has 184 valence electrons. The molecule has 0 bridgehead atoms. The Kier molecular flexibility index (Phi) is 7.11. The smallest absolute Gasteiger partial charge is 0.256 e. The zero-order valence-corrected chi connectivity index (χ0v) is 19.9. The van der Waals surface area contributed by atoms with Crippen molar-refractivity contribution in [3.05, 3.63) is 65.2 Å². The Morgan fingerprint density at radius 1 is 1.00 bits per heavy atom. The van der Waals surface area contributed by atoms with E-state index in [0.717, 1.165) is 51.3 Å². The summed E-state index contributed by atoms with van der Waals surface area (Å²) in [4.78, 5) is 45.6. The Morgan fingerprint density at radius 2 is 1.77 bits per heavy atom. The number of carbonyl (C=O) groups excluding carboxylic acids is 3. The highest BCUT2D eigenvalue weighted by molar-refractivity contribution is 6.11. The number of carbonyl (C=O) groups is 3. The highest BCUT2D eigenvalue weighted by atomic mass is 16.5. The Labute approximate surface area is 205 Å². The van der Waals surface area contributed by atoms with Gasteiger partial charge in [-0.05, 0) is 49.6 Å². The maximum atomic E-state index is 13.6. The molecule has 2 saturated heterocycles. The highest BCUT2D eigenvalue weighted by Crippen LogP contribution is 2.33. The standard InChI is InChI=1S/C27H32N4O4/c32-25(28-12-6-13-29-15-17-35-18-16-29)21-8-2-1-7-20(21)19-31-23-10-4-3-9-22(23)26(33)30-14-5-11-24(30)27(31)34/h1-4,7-10,24H,5-6,11-19H2,(H,28,32)/t24-/m1/s1. The van der Waals surface area contributed by atoms with Crippen LogP contribution in [0.4, 0.5) is 5.69 Å². The summed E-state index contributed by atoms with van der Waals surface area (Å²) in [6.45, 7) is 5.75. The summed E-state index contributed by atoms with van der Waals surface area (Å²) in [7, 11) is 0. The highest BCUT2D eigenvalue weighted by Gasteiger charge is 2.42. The van der Waals surface area contributed by atoms with E-state index in [2.05, 4.69) is 10.2 Å². The number of benzene rings is 2. The third-order valence-corrected chi connectivity index (χ3v) is 7.12. The van der Waals surface area contributed by atoms with Crippen LogP contribution in [0.3, 0.4) is 0 Å². The van der Waals surface area contributed by atoms with Crippen molar-refractivity contribution in [1.82, 2.24) is 15.1 Å². The van der Waals surface area contributed by atoms with Crippen LogP contribution in [0.2, 0.25) is 0 Å². The van der Waals surface area contributed by atoms with E-state index in [9.17, 15) is 14.4 Å². The van der Waals surface area contributed by atoms with Crippen LogP contribution in [-0.2, 0) is 16.1 Å². The molecule has 8 heteroatoms. The predicted molar refractivity (Wildman–Crippen MR) is 132 cm³/mol. The second kappa shape index (κ2) is 10.6. The van der Waals surface area contributed by atoms with E-state index in [-0.39, 0.29) is 24.3 Å². The molecule has 0 radical (unpaired) electrons. The van der Waals surface area contributed by atoms with Gasteiger partial charge in [0.05, 0.1) is 31.0 Å². The summed E-state index contributed by atoms with van der Waals surface area (Å²) in [5, 5.41) is 3.04. The molecule has 3 heterocycles. The Hall–Kier alpha value is -3.23. The number of para-hydroxylation sites is 1. The van der Waals surface area contributed by atoms with Crippen molar-refractivity contribution in [3.63, 3.8) is 0 Å². The lowest BCUT2D eigenvalue weighted by Crippen LogP contribution is -2.44. The number of nitrogens with zero attached hydrogens (tertiary/aromatic N) is 3. The monoisotopic (exact) mass is 476 g/mol. The molecule has 35 heavy (non-hydrogen) atoms. The fourth-order valence-corrected chi connectivity index (χ4v) is 5.25. The first kappa shape index (κ1) is 23.5. The molecule has 2 aromatic rings. The number of hydrogen-bond acceptors (Lipinski definition) is 5. The van der Waals surface area contributed by atoms with Gasteiger partial charge in [-0.3, -0.25) is 19.3 Å². The van der Waals surface area contributed by atoms with Crippen LogP contribution in [0.5, 0.6) is 0 Å². The van der Waals surface area contributed by atoms with Gasteiger partial charge in [0, 0.05) is 31.7 Å². The Balaban J connectivity index is 1.32. The van der Waals surface area contributed by atoms with Crippen molar-refractivity contribution in [2.45, 2.75) is 31.8 Å². The summed E-state index contributed by atoms with van der Waals surface area (Å²) in [6, 6.07) is 14.2. The molecular formula is C27H32N4O4. The second-order valence-corrected chi connectivity index (χ2v) is 9.32. The second-order valence-electron chi connectivity index (χ2n) is 9.32. The molecule has 0 aromatic heterocycles. The van der Waals surface area contributed by atoms with Gasteiger partial charge in [0.15, 0.2) is 0 Å². The summed E-state index contributed by atoms with van der Waals surface area (Å²) in [5.74, 6) is -0.316. The molecule has 8 nitrogen and oxygen atoms in total. The van der Waals surface area contributed by atoms with Crippen molar-refractivity contribution in [3.8, 4) is 0 Å². The average Bonchev–Trinajstić information content (AvgIpc) is 3.37. The van der Waals surface area contributed by atoms with E-state index in [1.165, 1.54) is 0 Å². The van der Waals surface area contributed by atoms with Crippen LogP contribution < -0.4 is 10.2 Å². The third-order valence-electron chi connectivity index (χ3n) is 7.12. The van der Waals surface area contributed by atoms with Gasteiger partial charge in [-0.15, -0.1) is 0 Å². The summed E-state index contributed by atoms with van der Waals surface area (Å²) < 4.78 is 5.38. The number of morpholine rings is 1. The molecule has 0 unspecified atom stereocenters. The molecule has 3 aliphatic rings. The quantitative estimate of drug-likeness (QED) is 0.620. The van der Waals surface area contributed by atoms with Gasteiger partial charge < -0.3 is 19.9 Å². The van der Waals surface area contributed by atoms with Gasteiger partial charge >= 0.3 is 0 Å².